The molecule has 0 aromatic carbocycles. The first-order valence-electron chi connectivity index (χ1n) is 8.06. The van der Waals surface area contributed by atoms with Crippen LogP contribution in [0.5, 0.6) is 0 Å². The molecule has 0 aromatic heterocycles. The molecule has 8 atom stereocenters. The highest BCUT2D eigenvalue weighted by atomic mass is 16.9. The Bertz CT molecular complexity index is 379. The lowest BCUT2D eigenvalue weighted by Gasteiger charge is -2.43. The third-order valence-corrected chi connectivity index (χ3v) is 5.67. The molecule has 2 saturated heterocycles. The second-order valence-corrected chi connectivity index (χ2v) is 7.11. The summed E-state index contributed by atoms with van der Waals surface area (Å²) >= 11 is 0. The summed E-state index contributed by atoms with van der Waals surface area (Å²) in [7, 11) is 0. The van der Waals surface area contributed by atoms with Gasteiger partial charge in [0.05, 0.1) is 30.5 Å². The normalized spacial score (nSPS) is 51.3. The first-order valence-corrected chi connectivity index (χ1v) is 8.06. The standard InChI is InChI=1S/C15H24NO4/c1-8-5-13-15(19-13)7-11(8)16(17)20-9(2)10-3-4-12-14(6-10)18-12/h8-15H,3-7H2,1-2H3/q-1. The molecule has 8 unspecified atom stereocenters. The van der Waals surface area contributed by atoms with Crippen molar-refractivity contribution in [2.24, 2.45) is 11.8 Å². The Morgan fingerprint density at radius 3 is 2.55 bits per heavy atom. The maximum absolute atomic E-state index is 12.3. The number of hydrogen-bond donors (Lipinski definition) is 0. The van der Waals surface area contributed by atoms with Crippen molar-refractivity contribution < 1.29 is 14.3 Å². The fourth-order valence-electron chi connectivity index (χ4n) is 4.07. The molecule has 114 valence electrons. The smallest absolute Gasteiger partial charge is 0.0857 e. The quantitative estimate of drug-likeness (QED) is 0.584. The number of ether oxygens (including phenoxy) is 2. The van der Waals surface area contributed by atoms with Crippen molar-refractivity contribution in [2.45, 2.75) is 82.5 Å². The zero-order chi connectivity index (χ0) is 13.9. The Kier molecular flexibility index (Phi) is 3.31. The molecule has 5 heteroatoms. The van der Waals surface area contributed by atoms with Gasteiger partial charge < -0.3 is 19.5 Å². The van der Waals surface area contributed by atoms with E-state index in [9.17, 15) is 5.21 Å². The van der Waals surface area contributed by atoms with E-state index in [0.29, 0.717) is 36.3 Å². The molecule has 2 aliphatic carbocycles. The number of hydroxylamine groups is 2. The highest BCUT2D eigenvalue weighted by Crippen LogP contribution is 2.43. The number of nitrogens with zero attached hydrogens (tertiary/aromatic N) is 1. The summed E-state index contributed by atoms with van der Waals surface area (Å²) < 4.78 is 11.1. The largest absolute Gasteiger partial charge is 0.762 e. The van der Waals surface area contributed by atoms with Gasteiger partial charge in [-0.1, -0.05) is 6.92 Å². The zero-order valence-corrected chi connectivity index (χ0v) is 12.2. The Morgan fingerprint density at radius 1 is 1.05 bits per heavy atom. The lowest BCUT2D eigenvalue weighted by Crippen LogP contribution is -2.43. The average molecular weight is 282 g/mol. The van der Waals surface area contributed by atoms with Crippen LogP contribution >= 0.6 is 0 Å². The van der Waals surface area contributed by atoms with Gasteiger partial charge in [-0.3, -0.25) is 5.23 Å². The van der Waals surface area contributed by atoms with Gasteiger partial charge in [0.25, 0.3) is 0 Å². The van der Waals surface area contributed by atoms with Crippen molar-refractivity contribution in [1.82, 2.24) is 5.23 Å². The molecule has 5 nitrogen and oxygen atoms in total. The van der Waals surface area contributed by atoms with E-state index in [0.717, 1.165) is 37.3 Å². The van der Waals surface area contributed by atoms with E-state index < -0.39 is 0 Å². The van der Waals surface area contributed by atoms with E-state index in [-0.39, 0.29) is 12.1 Å². The van der Waals surface area contributed by atoms with E-state index in [1.807, 2.05) is 6.92 Å². The van der Waals surface area contributed by atoms with Crippen LogP contribution in [0.2, 0.25) is 0 Å². The average Bonchev–Trinajstić information content (AvgIpc) is 3.30. The van der Waals surface area contributed by atoms with Crippen molar-refractivity contribution in [3.05, 3.63) is 5.21 Å². The maximum Gasteiger partial charge on any atom is 0.0857 e. The minimum Gasteiger partial charge on any atom is -0.762 e. The minimum atomic E-state index is -0.0466. The molecule has 0 amide bonds. The lowest BCUT2D eigenvalue weighted by atomic mass is 9.85. The van der Waals surface area contributed by atoms with E-state index >= 15 is 0 Å². The molecular formula is C15H24NO4-. The predicted molar refractivity (Wildman–Crippen MR) is 72.6 cm³/mol. The summed E-state index contributed by atoms with van der Waals surface area (Å²) in [4.78, 5) is 5.70. The van der Waals surface area contributed by atoms with E-state index in [2.05, 4.69) is 6.92 Å². The molecule has 20 heavy (non-hydrogen) atoms. The van der Waals surface area contributed by atoms with Gasteiger partial charge in [0.2, 0.25) is 0 Å². The number of rotatable bonds is 4. The Morgan fingerprint density at radius 2 is 1.75 bits per heavy atom. The molecule has 0 spiro atoms. The van der Waals surface area contributed by atoms with Gasteiger partial charge in [-0.25, -0.2) is 0 Å². The van der Waals surface area contributed by atoms with Gasteiger partial charge in [0, 0.05) is 6.04 Å². The molecule has 2 saturated carbocycles. The van der Waals surface area contributed by atoms with Gasteiger partial charge >= 0.3 is 0 Å². The fraction of sp³-hybridized carbons (Fsp3) is 1.00. The zero-order valence-electron chi connectivity index (χ0n) is 12.2. The molecule has 0 N–H and O–H groups in total. The van der Waals surface area contributed by atoms with Crippen molar-refractivity contribution in [1.29, 1.82) is 0 Å². The van der Waals surface area contributed by atoms with Gasteiger partial charge in [-0.15, -0.1) is 0 Å². The van der Waals surface area contributed by atoms with Crippen LogP contribution in [-0.4, -0.2) is 41.8 Å². The summed E-state index contributed by atoms with van der Waals surface area (Å²) in [6.07, 6.45) is 6.75. The Balaban J connectivity index is 1.30. The third-order valence-electron chi connectivity index (χ3n) is 5.67. The molecule has 4 fully saturated rings. The maximum atomic E-state index is 12.3. The summed E-state index contributed by atoms with van der Waals surface area (Å²) in [6, 6.07) is -0.0466. The Labute approximate surface area is 120 Å². The fourth-order valence-corrected chi connectivity index (χ4v) is 4.07. The topological polar surface area (TPSA) is 60.6 Å². The highest BCUT2D eigenvalue weighted by molar-refractivity contribution is 4.98. The van der Waals surface area contributed by atoms with Crippen LogP contribution in [0, 0.1) is 17.0 Å². The van der Waals surface area contributed by atoms with Crippen LogP contribution in [0.15, 0.2) is 0 Å². The van der Waals surface area contributed by atoms with Gasteiger partial charge in [-0.2, -0.15) is 0 Å². The van der Waals surface area contributed by atoms with Crippen LogP contribution in [0.1, 0.15) is 46.0 Å². The second-order valence-electron chi connectivity index (χ2n) is 7.11. The number of epoxide rings is 2. The van der Waals surface area contributed by atoms with Crippen molar-refractivity contribution in [3.63, 3.8) is 0 Å². The van der Waals surface area contributed by atoms with Gasteiger partial charge in [-0.05, 0) is 50.9 Å². The van der Waals surface area contributed by atoms with Crippen molar-refractivity contribution in [3.8, 4) is 0 Å². The molecular weight excluding hydrogens is 258 g/mol. The molecule has 4 aliphatic rings. The van der Waals surface area contributed by atoms with Crippen LogP contribution in [0.4, 0.5) is 0 Å². The number of hydrogen-bond acceptors (Lipinski definition) is 5. The van der Waals surface area contributed by atoms with Gasteiger partial charge in [0.15, 0.2) is 0 Å². The molecule has 0 radical (unpaired) electrons. The first-order chi connectivity index (χ1) is 9.61. The molecule has 4 rings (SSSR count). The van der Waals surface area contributed by atoms with E-state index in [1.165, 1.54) is 0 Å². The Hall–Kier alpha value is -0.200. The summed E-state index contributed by atoms with van der Waals surface area (Å²) in [5, 5.41) is 13.2. The molecule has 0 bridgehead atoms. The SMILES string of the molecule is CC1CC2OC2CC1N([O-])OC(C)C1CCC2OC2C1. The molecule has 0 aromatic rings. The van der Waals surface area contributed by atoms with E-state index in [4.69, 9.17) is 14.3 Å². The third kappa shape index (κ3) is 2.50. The van der Waals surface area contributed by atoms with Crippen LogP contribution in [0.3, 0.4) is 0 Å². The summed E-state index contributed by atoms with van der Waals surface area (Å²) in [6.45, 7) is 4.16. The lowest BCUT2D eigenvalue weighted by molar-refractivity contribution is -0.210. The van der Waals surface area contributed by atoms with Crippen molar-refractivity contribution in [2.75, 3.05) is 0 Å². The molecule has 2 heterocycles. The summed E-state index contributed by atoms with van der Waals surface area (Å²) in [5.74, 6) is 0.810. The predicted octanol–water partition coefficient (Wildman–Crippen LogP) is 2.24. The van der Waals surface area contributed by atoms with Crippen LogP contribution < -0.4 is 0 Å². The molecule has 2 aliphatic heterocycles. The first kappa shape index (κ1) is 13.5. The van der Waals surface area contributed by atoms with E-state index in [1.54, 1.807) is 0 Å². The second kappa shape index (κ2) is 4.92. The van der Waals surface area contributed by atoms with Crippen LogP contribution in [-0.2, 0) is 14.3 Å². The monoisotopic (exact) mass is 282 g/mol. The minimum absolute atomic E-state index is 0.0114. The highest BCUT2D eigenvalue weighted by Gasteiger charge is 2.48. The van der Waals surface area contributed by atoms with Crippen molar-refractivity contribution >= 4 is 0 Å². The van der Waals surface area contributed by atoms with Crippen LogP contribution in [0.25, 0.3) is 0 Å². The summed E-state index contributed by atoms with van der Waals surface area (Å²) in [5.41, 5.74) is 0. The number of fused-ring (bicyclic) bond motifs is 2. The van der Waals surface area contributed by atoms with Gasteiger partial charge in [0.1, 0.15) is 0 Å².